The van der Waals surface area contributed by atoms with E-state index < -0.39 is 5.97 Å². The van der Waals surface area contributed by atoms with Crippen LogP contribution < -0.4 is 0 Å². The highest BCUT2D eigenvalue weighted by Crippen LogP contribution is 2.24. The van der Waals surface area contributed by atoms with Crippen LogP contribution in [-0.2, 0) is 18.3 Å². The summed E-state index contributed by atoms with van der Waals surface area (Å²) >= 11 is 0. The Hall–Kier alpha value is -2.04. The van der Waals surface area contributed by atoms with Gasteiger partial charge in [0.2, 0.25) is 0 Å². The smallest absolute Gasteiger partial charge is 0.303 e. The molecule has 5 nitrogen and oxygen atoms in total. The molecule has 5 heteroatoms. The quantitative estimate of drug-likeness (QED) is 0.878. The molecular weight excluding hydrogens is 220 g/mol. The van der Waals surface area contributed by atoms with Gasteiger partial charge in [0.1, 0.15) is 11.5 Å². The van der Waals surface area contributed by atoms with Gasteiger partial charge in [0.15, 0.2) is 5.76 Å². The molecule has 0 bridgehead atoms. The van der Waals surface area contributed by atoms with Gasteiger partial charge in [-0.05, 0) is 25.5 Å². The molecule has 0 aromatic carbocycles. The SMILES string of the molecule is Cc1ccc(-c2nn(C)cc2CCC(=O)O)o1. The molecule has 2 aromatic heterocycles. The normalized spacial score (nSPS) is 10.7. The van der Waals surface area contributed by atoms with Gasteiger partial charge >= 0.3 is 5.97 Å². The second kappa shape index (κ2) is 4.45. The van der Waals surface area contributed by atoms with Crippen LogP contribution in [0.2, 0.25) is 0 Å². The molecule has 0 spiro atoms. The molecule has 2 heterocycles. The average molecular weight is 234 g/mol. The first-order valence-corrected chi connectivity index (χ1v) is 5.37. The van der Waals surface area contributed by atoms with E-state index in [2.05, 4.69) is 5.10 Å². The number of aromatic nitrogens is 2. The Balaban J connectivity index is 2.30. The molecule has 17 heavy (non-hydrogen) atoms. The zero-order valence-electron chi connectivity index (χ0n) is 9.80. The third-order valence-corrected chi connectivity index (χ3v) is 2.49. The van der Waals surface area contributed by atoms with Crippen molar-refractivity contribution in [2.75, 3.05) is 0 Å². The molecule has 0 fully saturated rings. The number of carbonyl (C=O) groups is 1. The molecular formula is C12H14N2O3. The highest BCUT2D eigenvalue weighted by Gasteiger charge is 2.14. The lowest BCUT2D eigenvalue weighted by atomic mass is 10.1. The highest BCUT2D eigenvalue weighted by atomic mass is 16.4. The largest absolute Gasteiger partial charge is 0.481 e. The average Bonchev–Trinajstić information content (AvgIpc) is 2.81. The van der Waals surface area contributed by atoms with Crippen molar-refractivity contribution in [2.45, 2.75) is 19.8 Å². The van der Waals surface area contributed by atoms with Gasteiger partial charge in [-0.3, -0.25) is 9.48 Å². The van der Waals surface area contributed by atoms with Gasteiger partial charge in [0.25, 0.3) is 0 Å². The minimum Gasteiger partial charge on any atom is -0.481 e. The molecule has 0 atom stereocenters. The molecule has 1 N–H and O–H groups in total. The van der Waals surface area contributed by atoms with Crippen LogP contribution in [0.1, 0.15) is 17.7 Å². The van der Waals surface area contributed by atoms with E-state index >= 15 is 0 Å². The van der Waals surface area contributed by atoms with Crippen LogP contribution >= 0.6 is 0 Å². The molecule has 0 amide bonds. The summed E-state index contributed by atoms with van der Waals surface area (Å²) in [6.07, 6.45) is 2.38. The number of carboxylic acid groups (broad SMARTS) is 1. The Morgan fingerprint density at radius 2 is 2.29 bits per heavy atom. The summed E-state index contributed by atoms with van der Waals surface area (Å²) in [5.74, 6) is 0.689. The molecule has 0 unspecified atom stereocenters. The Morgan fingerprint density at radius 3 is 2.88 bits per heavy atom. The monoisotopic (exact) mass is 234 g/mol. The number of rotatable bonds is 4. The van der Waals surface area contributed by atoms with E-state index in [9.17, 15) is 4.79 Å². The number of aliphatic carboxylic acids is 1. The maximum Gasteiger partial charge on any atom is 0.303 e. The van der Waals surface area contributed by atoms with Crippen molar-refractivity contribution in [1.82, 2.24) is 9.78 Å². The summed E-state index contributed by atoms with van der Waals surface area (Å²) < 4.78 is 7.18. The first-order valence-electron chi connectivity index (χ1n) is 5.37. The topological polar surface area (TPSA) is 68.3 Å². The number of hydrogen-bond acceptors (Lipinski definition) is 3. The minimum absolute atomic E-state index is 0.0956. The van der Waals surface area contributed by atoms with E-state index in [1.165, 1.54) is 0 Å². The van der Waals surface area contributed by atoms with Crippen molar-refractivity contribution < 1.29 is 14.3 Å². The van der Waals surface area contributed by atoms with Crippen molar-refractivity contribution in [1.29, 1.82) is 0 Å². The molecule has 0 saturated heterocycles. The Kier molecular flexibility index (Phi) is 2.99. The fourth-order valence-corrected chi connectivity index (χ4v) is 1.73. The predicted molar refractivity (Wildman–Crippen MR) is 61.6 cm³/mol. The van der Waals surface area contributed by atoms with Crippen LogP contribution in [0, 0.1) is 6.92 Å². The summed E-state index contributed by atoms with van der Waals surface area (Å²) in [5.41, 5.74) is 1.62. The highest BCUT2D eigenvalue weighted by molar-refractivity contribution is 5.68. The van der Waals surface area contributed by atoms with Crippen LogP contribution in [-0.4, -0.2) is 20.9 Å². The van der Waals surface area contributed by atoms with Crippen LogP contribution in [0.15, 0.2) is 22.7 Å². The maximum absolute atomic E-state index is 10.6. The van der Waals surface area contributed by atoms with Crippen LogP contribution in [0.5, 0.6) is 0 Å². The van der Waals surface area contributed by atoms with E-state index in [1.807, 2.05) is 32.3 Å². The number of aryl methyl sites for hydroxylation is 3. The molecule has 0 aliphatic carbocycles. The zero-order chi connectivity index (χ0) is 12.4. The van der Waals surface area contributed by atoms with Gasteiger partial charge in [0, 0.05) is 25.2 Å². The molecule has 0 aliphatic rings. The van der Waals surface area contributed by atoms with E-state index in [0.29, 0.717) is 12.2 Å². The number of hydrogen-bond donors (Lipinski definition) is 1. The van der Waals surface area contributed by atoms with E-state index in [-0.39, 0.29) is 6.42 Å². The third kappa shape index (κ3) is 2.55. The van der Waals surface area contributed by atoms with Crippen molar-refractivity contribution >= 4 is 5.97 Å². The zero-order valence-corrected chi connectivity index (χ0v) is 9.80. The minimum atomic E-state index is -0.810. The predicted octanol–water partition coefficient (Wildman–Crippen LogP) is 2.01. The first kappa shape index (κ1) is 11.4. The second-order valence-corrected chi connectivity index (χ2v) is 3.98. The molecule has 90 valence electrons. The van der Waals surface area contributed by atoms with Gasteiger partial charge in [-0.15, -0.1) is 0 Å². The molecule has 0 saturated carbocycles. The molecule has 0 aliphatic heterocycles. The molecule has 2 rings (SSSR count). The number of carboxylic acids is 1. The van der Waals surface area contributed by atoms with Crippen molar-refractivity contribution in [3.8, 4) is 11.5 Å². The molecule has 2 aromatic rings. The lowest BCUT2D eigenvalue weighted by molar-refractivity contribution is -0.136. The summed E-state index contributed by atoms with van der Waals surface area (Å²) in [7, 11) is 1.81. The number of nitrogens with zero attached hydrogens (tertiary/aromatic N) is 2. The van der Waals surface area contributed by atoms with Crippen LogP contribution in [0.4, 0.5) is 0 Å². The standard InChI is InChI=1S/C12H14N2O3/c1-8-3-5-10(17-8)12-9(4-6-11(15)16)7-14(2)13-12/h3,5,7H,4,6H2,1-2H3,(H,15,16). The van der Waals surface area contributed by atoms with Crippen LogP contribution in [0.3, 0.4) is 0 Å². The van der Waals surface area contributed by atoms with Gasteiger partial charge in [-0.1, -0.05) is 0 Å². The Morgan fingerprint density at radius 1 is 1.53 bits per heavy atom. The summed E-state index contributed by atoms with van der Waals surface area (Å²) in [6, 6.07) is 3.72. The fraction of sp³-hybridized carbons (Fsp3) is 0.333. The van der Waals surface area contributed by atoms with Gasteiger partial charge < -0.3 is 9.52 Å². The first-order chi connectivity index (χ1) is 8.06. The second-order valence-electron chi connectivity index (χ2n) is 3.98. The van der Waals surface area contributed by atoms with Gasteiger partial charge in [0.05, 0.1) is 0 Å². The Labute approximate surface area is 98.7 Å². The van der Waals surface area contributed by atoms with Crippen molar-refractivity contribution in [2.24, 2.45) is 7.05 Å². The lowest BCUT2D eigenvalue weighted by Crippen LogP contribution is -1.97. The molecule has 0 radical (unpaired) electrons. The van der Waals surface area contributed by atoms with Crippen molar-refractivity contribution in [3.63, 3.8) is 0 Å². The Bertz CT molecular complexity index is 540. The summed E-state index contributed by atoms with van der Waals surface area (Å²) in [5, 5.41) is 13.0. The third-order valence-electron chi connectivity index (χ3n) is 2.49. The van der Waals surface area contributed by atoms with E-state index in [0.717, 1.165) is 17.0 Å². The lowest BCUT2D eigenvalue weighted by Gasteiger charge is -1.97. The summed E-state index contributed by atoms with van der Waals surface area (Å²) in [6.45, 7) is 1.86. The van der Waals surface area contributed by atoms with Gasteiger partial charge in [-0.2, -0.15) is 5.10 Å². The van der Waals surface area contributed by atoms with E-state index in [4.69, 9.17) is 9.52 Å². The van der Waals surface area contributed by atoms with E-state index in [1.54, 1.807) is 4.68 Å². The van der Waals surface area contributed by atoms with Crippen LogP contribution in [0.25, 0.3) is 11.5 Å². The van der Waals surface area contributed by atoms with Crippen molar-refractivity contribution in [3.05, 3.63) is 29.7 Å². The number of furan rings is 1. The maximum atomic E-state index is 10.6. The summed E-state index contributed by atoms with van der Waals surface area (Å²) in [4.78, 5) is 10.6. The van der Waals surface area contributed by atoms with Gasteiger partial charge in [-0.25, -0.2) is 0 Å². The fourth-order valence-electron chi connectivity index (χ4n) is 1.73.